The number of rotatable bonds is 9. The van der Waals surface area contributed by atoms with Gasteiger partial charge in [0.15, 0.2) is 0 Å². The Hall–Kier alpha value is -3.02. The third-order valence-corrected chi connectivity index (χ3v) is 5.31. The molecule has 0 aromatic heterocycles. The van der Waals surface area contributed by atoms with E-state index in [1.807, 2.05) is 53.4 Å². The summed E-state index contributed by atoms with van der Waals surface area (Å²) in [7, 11) is 0. The van der Waals surface area contributed by atoms with E-state index in [9.17, 15) is 9.59 Å². The Balaban J connectivity index is 1.45. The summed E-state index contributed by atoms with van der Waals surface area (Å²) >= 11 is 0. The molecule has 1 aliphatic rings. The van der Waals surface area contributed by atoms with Crippen LogP contribution in [0.25, 0.3) is 0 Å². The van der Waals surface area contributed by atoms with E-state index in [0.717, 1.165) is 43.8 Å². The number of nitrogens with one attached hydrogen (secondary N) is 2. The number of hydrogen-bond acceptors (Lipinski definition) is 4. The van der Waals surface area contributed by atoms with Gasteiger partial charge < -0.3 is 20.3 Å². The summed E-state index contributed by atoms with van der Waals surface area (Å²) in [5, 5.41) is 5.99. The van der Waals surface area contributed by atoms with E-state index in [2.05, 4.69) is 24.5 Å². The molecule has 0 saturated carbocycles. The maximum absolute atomic E-state index is 12.5. The summed E-state index contributed by atoms with van der Waals surface area (Å²) in [6.45, 7) is 6.79. The molecule has 0 radical (unpaired) electrons. The summed E-state index contributed by atoms with van der Waals surface area (Å²) < 4.78 is 5.74. The molecule has 1 heterocycles. The first-order chi connectivity index (χ1) is 15.0. The highest BCUT2D eigenvalue weighted by molar-refractivity contribution is 5.95. The van der Waals surface area contributed by atoms with Crippen LogP contribution >= 0.6 is 0 Å². The number of piperidine rings is 1. The van der Waals surface area contributed by atoms with Crippen LogP contribution in [-0.2, 0) is 4.79 Å². The molecule has 2 aromatic carbocycles. The SMILES string of the molecule is CC(C)CCOc1cccc(NC(=O)CNc2ccc(C(=O)N3CCCCC3)cc2)c1. The molecule has 2 N–H and O–H groups in total. The minimum Gasteiger partial charge on any atom is -0.494 e. The summed E-state index contributed by atoms with van der Waals surface area (Å²) in [5.74, 6) is 1.28. The Morgan fingerprint density at radius 1 is 1.00 bits per heavy atom. The molecule has 2 amide bonds. The molecule has 1 fully saturated rings. The third-order valence-electron chi connectivity index (χ3n) is 5.31. The lowest BCUT2D eigenvalue weighted by Gasteiger charge is -2.26. The number of benzene rings is 2. The lowest BCUT2D eigenvalue weighted by atomic mass is 10.1. The fraction of sp³-hybridized carbons (Fsp3) is 0.440. The van der Waals surface area contributed by atoms with Gasteiger partial charge in [-0.15, -0.1) is 0 Å². The molecule has 0 bridgehead atoms. The molecule has 0 spiro atoms. The highest BCUT2D eigenvalue weighted by atomic mass is 16.5. The van der Waals surface area contributed by atoms with Crippen molar-refractivity contribution in [1.82, 2.24) is 4.90 Å². The van der Waals surface area contributed by atoms with Crippen molar-refractivity contribution < 1.29 is 14.3 Å². The number of carbonyl (C=O) groups is 2. The molecule has 1 aliphatic heterocycles. The normalized spacial score (nSPS) is 13.7. The van der Waals surface area contributed by atoms with Gasteiger partial charge in [-0.3, -0.25) is 9.59 Å². The number of ether oxygens (including phenoxy) is 1. The Morgan fingerprint density at radius 3 is 2.45 bits per heavy atom. The maximum atomic E-state index is 12.5. The van der Waals surface area contributed by atoms with E-state index >= 15 is 0 Å². The second-order valence-electron chi connectivity index (χ2n) is 8.39. The number of amides is 2. The van der Waals surface area contributed by atoms with Crippen LogP contribution in [0.2, 0.25) is 0 Å². The van der Waals surface area contributed by atoms with E-state index < -0.39 is 0 Å². The van der Waals surface area contributed by atoms with Crippen molar-refractivity contribution in [2.45, 2.75) is 39.5 Å². The van der Waals surface area contributed by atoms with E-state index in [1.165, 1.54) is 6.42 Å². The Kier molecular flexibility index (Phi) is 8.33. The van der Waals surface area contributed by atoms with Crippen molar-refractivity contribution >= 4 is 23.2 Å². The average molecular weight is 424 g/mol. The molecule has 0 aliphatic carbocycles. The zero-order valence-corrected chi connectivity index (χ0v) is 18.5. The summed E-state index contributed by atoms with van der Waals surface area (Å²) in [6.07, 6.45) is 4.34. The molecule has 31 heavy (non-hydrogen) atoms. The predicted molar refractivity (Wildman–Crippen MR) is 125 cm³/mol. The molecule has 166 valence electrons. The number of carbonyl (C=O) groups excluding carboxylic acids is 2. The molecular formula is C25H33N3O3. The van der Waals surface area contributed by atoms with Crippen LogP contribution in [0.3, 0.4) is 0 Å². The van der Waals surface area contributed by atoms with Crippen molar-refractivity contribution in [3.8, 4) is 5.75 Å². The summed E-state index contributed by atoms with van der Waals surface area (Å²) in [4.78, 5) is 26.8. The topological polar surface area (TPSA) is 70.7 Å². The van der Waals surface area contributed by atoms with Crippen LogP contribution in [0.5, 0.6) is 5.75 Å². The third kappa shape index (κ3) is 7.31. The highest BCUT2D eigenvalue weighted by Crippen LogP contribution is 2.19. The highest BCUT2D eigenvalue weighted by Gasteiger charge is 2.17. The van der Waals surface area contributed by atoms with Crippen LogP contribution in [-0.4, -0.2) is 43.0 Å². The Labute approximate surface area is 185 Å². The van der Waals surface area contributed by atoms with Crippen LogP contribution in [0.1, 0.15) is 49.9 Å². The number of hydrogen-bond donors (Lipinski definition) is 2. The van der Waals surface area contributed by atoms with Gasteiger partial charge >= 0.3 is 0 Å². The standard InChI is InChI=1S/C25H33N3O3/c1-19(2)13-16-31-23-8-6-7-22(17-23)27-24(29)18-26-21-11-9-20(10-12-21)25(30)28-14-4-3-5-15-28/h6-12,17,19,26H,3-5,13-16,18H2,1-2H3,(H,27,29). The van der Waals surface area contributed by atoms with E-state index in [0.29, 0.717) is 23.8 Å². The molecule has 1 saturated heterocycles. The number of likely N-dealkylation sites (tertiary alicyclic amines) is 1. The van der Waals surface area contributed by atoms with Gasteiger partial charge in [0.25, 0.3) is 5.91 Å². The molecule has 0 unspecified atom stereocenters. The van der Waals surface area contributed by atoms with Gasteiger partial charge in [-0.1, -0.05) is 19.9 Å². The van der Waals surface area contributed by atoms with Crippen LogP contribution < -0.4 is 15.4 Å². The first-order valence-corrected chi connectivity index (χ1v) is 11.2. The van der Waals surface area contributed by atoms with Gasteiger partial charge in [0.1, 0.15) is 5.75 Å². The molecule has 3 rings (SSSR count). The predicted octanol–water partition coefficient (Wildman–Crippen LogP) is 4.79. The zero-order chi connectivity index (χ0) is 22.1. The van der Waals surface area contributed by atoms with Gasteiger partial charge in [0, 0.05) is 36.1 Å². The van der Waals surface area contributed by atoms with Gasteiger partial charge in [0.2, 0.25) is 5.91 Å². The zero-order valence-electron chi connectivity index (χ0n) is 18.5. The average Bonchev–Trinajstić information content (AvgIpc) is 2.78. The second-order valence-corrected chi connectivity index (χ2v) is 8.39. The minimum absolute atomic E-state index is 0.0829. The molecular weight excluding hydrogens is 390 g/mol. The van der Waals surface area contributed by atoms with Gasteiger partial charge in [-0.25, -0.2) is 0 Å². The summed E-state index contributed by atoms with van der Waals surface area (Å²) in [5.41, 5.74) is 2.19. The van der Waals surface area contributed by atoms with Gasteiger partial charge in [0.05, 0.1) is 13.2 Å². The van der Waals surface area contributed by atoms with Crippen molar-refractivity contribution in [1.29, 1.82) is 0 Å². The van der Waals surface area contributed by atoms with Crippen LogP contribution in [0.4, 0.5) is 11.4 Å². The van der Waals surface area contributed by atoms with Gasteiger partial charge in [-0.05, 0) is 68.0 Å². The number of anilines is 2. The van der Waals surface area contributed by atoms with E-state index in [1.54, 1.807) is 0 Å². The van der Waals surface area contributed by atoms with E-state index in [4.69, 9.17) is 4.74 Å². The minimum atomic E-state index is -0.146. The Bertz CT molecular complexity index is 859. The lowest BCUT2D eigenvalue weighted by molar-refractivity contribution is -0.114. The first-order valence-electron chi connectivity index (χ1n) is 11.2. The molecule has 2 aromatic rings. The maximum Gasteiger partial charge on any atom is 0.253 e. The van der Waals surface area contributed by atoms with Crippen molar-refractivity contribution in [2.24, 2.45) is 5.92 Å². The van der Waals surface area contributed by atoms with Crippen molar-refractivity contribution in [3.63, 3.8) is 0 Å². The van der Waals surface area contributed by atoms with Gasteiger partial charge in [-0.2, -0.15) is 0 Å². The van der Waals surface area contributed by atoms with Crippen LogP contribution in [0.15, 0.2) is 48.5 Å². The fourth-order valence-electron chi connectivity index (χ4n) is 3.47. The quantitative estimate of drug-likeness (QED) is 0.608. The first kappa shape index (κ1) is 22.7. The Morgan fingerprint density at radius 2 is 1.74 bits per heavy atom. The summed E-state index contributed by atoms with van der Waals surface area (Å²) in [6, 6.07) is 14.7. The number of nitrogens with zero attached hydrogens (tertiary/aromatic N) is 1. The van der Waals surface area contributed by atoms with Crippen molar-refractivity contribution in [3.05, 3.63) is 54.1 Å². The van der Waals surface area contributed by atoms with Crippen LogP contribution in [0, 0.1) is 5.92 Å². The smallest absolute Gasteiger partial charge is 0.253 e. The monoisotopic (exact) mass is 423 g/mol. The fourth-order valence-corrected chi connectivity index (χ4v) is 3.47. The molecule has 6 nitrogen and oxygen atoms in total. The lowest BCUT2D eigenvalue weighted by Crippen LogP contribution is -2.35. The van der Waals surface area contributed by atoms with E-state index in [-0.39, 0.29) is 18.4 Å². The second kappa shape index (κ2) is 11.4. The molecule has 6 heteroatoms. The largest absolute Gasteiger partial charge is 0.494 e. The van der Waals surface area contributed by atoms with Crippen molar-refractivity contribution in [2.75, 3.05) is 36.9 Å². The molecule has 0 atom stereocenters.